The second-order valence-corrected chi connectivity index (χ2v) is 8.27. The summed E-state index contributed by atoms with van der Waals surface area (Å²) in [5.41, 5.74) is 4.80. The first kappa shape index (κ1) is 20.3. The van der Waals surface area contributed by atoms with Crippen LogP contribution < -0.4 is 5.32 Å². The molecule has 0 bridgehead atoms. The average molecular weight is 415 g/mol. The molecule has 2 saturated heterocycles. The molecule has 2 aromatic heterocycles. The summed E-state index contributed by atoms with van der Waals surface area (Å²) >= 11 is 5.79. The molecule has 2 fully saturated rings. The van der Waals surface area contributed by atoms with Crippen molar-refractivity contribution in [3.63, 3.8) is 0 Å². The zero-order valence-corrected chi connectivity index (χ0v) is 18.2. The van der Waals surface area contributed by atoms with E-state index in [0.717, 1.165) is 43.3 Å². The Labute approximate surface area is 178 Å². The molecule has 4 rings (SSSR count). The number of ether oxygens (including phenoxy) is 2. The minimum absolute atomic E-state index is 0.0153. The topological polar surface area (TPSA) is 51.5 Å². The molecule has 0 amide bonds. The number of rotatable bonds is 7. The Kier molecular flexibility index (Phi) is 6.18. The van der Waals surface area contributed by atoms with Gasteiger partial charge in [0.2, 0.25) is 0 Å². The van der Waals surface area contributed by atoms with Crippen molar-refractivity contribution in [2.75, 3.05) is 26.9 Å². The third-order valence-corrected chi connectivity index (χ3v) is 6.42. The predicted molar refractivity (Wildman–Crippen MR) is 117 cm³/mol. The molecule has 7 heteroatoms. The Hall–Kier alpha value is -1.96. The van der Waals surface area contributed by atoms with Crippen molar-refractivity contribution in [2.24, 2.45) is 0 Å². The Morgan fingerprint density at radius 1 is 1.34 bits per heavy atom. The summed E-state index contributed by atoms with van der Waals surface area (Å²) in [5.74, 6) is 0. The van der Waals surface area contributed by atoms with Gasteiger partial charge < -0.3 is 24.3 Å². The molecule has 0 unspecified atom stereocenters. The van der Waals surface area contributed by atoms with Crippen LogP contribution in [0.25, 0.3) is 0 Å². The highest BCUT2D eigenvalue weighted by Crippen LogP contribution is 2.41. The monoisotopic (exact) mass is 414 g/mol. The number of pyridine rings is 1. The standard InChI is InChI=1S/C22H30N4O2S/c1-15-13-18(16(2)25(15)10-12-27-3)21-20(19-8-4-5-9-23-19)24-22(29)26(21)14-17-7-6-11-28-17/h4-5,8-9,13,17,20-21H,6-7,10-12,14H2,1-3H3,(H,24,29)/t17-,20+,21-/m1/s1. The Morgan fingerprint density at radius 2 is 2.21 bits per heavy atom. The number of hydrogen-bond acceptors (Lipinski definition) is 4. The quantitative estimate of drug-likeness (QED) is 0.702. The van der Waals surface area contributed by atoms with Crippen LogP contribution in [0.3, 0.4) is 0 Å². The molecule has 0 radical (unpaired) electrons. The molecule has 1 N–H and O–H groups in total. The lowest BCUT2D eigenvalue weighted by Crippen LogP contribution is -2.36. The molecule has 156 valence electrons. The van der Waals surface area contributed by atoms with Crippen molar-refractivity contribution in [3.8, 4) is 0 Å². The number of nitrogens with one attached hydrogen (secondary N) is 1. The van der Waals surface area contributed by atoms with Gasteiger partial charge in [-0.25, -0.2) is 0 Å². The van der Waals surface area contributed by atoms with Crippen LogP contribution in [0.1, 0.15) is 47.6 Å². The van der Waals surface area contributed by atoms with E-state index in [9.17, 15) is 0 Å². The number of aromatic nitrogens is 2. The lowest BCUT2D eigenvalue weighted by molar-refractivity contribution is 0.0841. The van der Waals surface area contributed by atoms with E-state index in [-0.39, 0.29) is 18.2 Å². The normalized spacial score (nSPS) is 24.3. The minimum atomic E-state index is 0.0153. The lowest BCUT2D eigenvalue weighted by Gasteiger charge is -2.30. The van der Waals surface area contributed by atoms with Gasteiger partial charge in [-0.3, -0.25) is 4.98 Å². The molecular formula is C22H30N4O2S. The van der Waals surface area contributed by atoms with Gasteiger partial charge in [0.1, 0.15) is 0 Å². The number of aryl methyl sites for hydroxylation is 1. The van der Waals surface area contributed by atoms with Crippen molar-refractivity contribution < 1.29 is 9.47 Å². The largest absolute Gasteiger partial charge is 0.383 e. The van der Waals surface area contributed by atoms with Gasteiger partial charge >= 0.3 is 0 Å². The van der Waals surface area contributed by atoms with Crippen LogP contribution in [0.2, 0.25) is 0 Å². The number of nitrogens with zero attached hydrogens (tertiary/aromatic N) is 3. The SMILES string of the molecule is COCCn1c(C)cc([C@@H]2[C@H](c3ccccn3)NC(=S)N2C[C@H]2CCCO2)c1C. The molecule has 0 aromatic carbocycles. The highest BCUT2D eigenvalue weighted by Gasteiger charge is 2.42. The molecule has 2 aromatic rings. The molecule has 0 saturated carbocycles. The molecule has 6 nitrogen and oxygen atoms in total. The van der Waals surface area contributed by atoms with E-state index < -0.39 is 0 Å². The fourth-order valence-corrected chi connectivity index (χ4v) is 4.92. The zero-order chi connectivity index (χ0) is 20.4. The van der Waals surface area contributed by atoms with E-state index in [1.165, 1.54) is 17.0 Å². The Bertz CT molecular complexity index is 848. The number of methoxy groups -OCH3 is 1. The van der Waals surface area contributed by atoms with Gasteiger partial charge in [0.15, 0.2) is 5.11 Å². The van der Waals surface area contributed by atoms with Crippen molar-refractivity contribution in [1.82, 2.24) is 19.8 Å². The fraction of sp³-hybridized carbons (Fsp3) is 0.545. The molecule has 2 aliphatic rings. The molecule has 29 heavy (non-hydrogen) atoms. The summed E-state index contributed by atoms with van der Waals surface area (Å²) in [6, 6.07) is 8.46. The van der Waals surface area contributed by atoms with E-state index in [0.29, 0.717) is 6.61 Å². The van der Waals surface area contributed by atoms with Gasteiger partial charge in [-0.05, 0) is 62.7 Å². The third-order valence-electron chi connectivity index (χ3n) is 6.07. The first-order valence-corrected chi connectivity index (χ1v) is 10.8. The van der Waals surface area contributed by atoms with Crippen molar-refractivity contribution in [1.29, 1.82) is 0 Å². The number of thiocarbonyl (C=S) groups is 1. The maximum absolute atomic E-state index is 5.93. The minimum Gasteiger partial charge on any atom is -0.383 e. The first-order chi connectivity index (χ1) is 14.1. The molecule has 4 heterocycles. The van der Waals surface area contributed by atoms with Crippen LogP contribution in [-0.4, -0.2) is 52.5 Å². The van der Waals surface area contributed by atoms with Crippen molar-refractivity contribution >= 4 is 17.3 Å². The fourth-order valence-electron chi connectivity index (χ4n) is 4.60. The van der Waals surface area contributed by atoms with Crippen LogP contribution in [0.5, 0.6) is 0 Å². The molecule has 3 atom stereocenters. The highest BCUT2D eigenvalue weighted by atomic mass is 32.1. The molecule has 0 spiro atoms. The van der Waals surface area contributed by atoms with E-state index in [4.69, 9.17) is 21.7 Å². The summed E-state index contributed by atoms with van der Waals surface area (Å²) in [4.78, 5) is 6.95. The summed E-state index contributed by atoms with van der Waals surface area (Å²) in [5, 5.41) is 4.33. The third kappa shape index (κ3) is 4.04. The molecule has 0 aliphatic carbocycles. The lowest BCUT2D eigenvalue weighted by atomic mass is 9.96. The summed E-state index contributed by atoms with van der Waals surface area (Å²) in [7, 11) is 1.74. The Morgan fingerprint density at radius 3 is 2.90 bits per heavy atom. The van der Waals surface area contributed by atoms with Gasteiger partial charge in [0.05, 0.1) is 30.5 Å². The van der Waals surface area contributed by atoms with Gasteiger partial charge in [-0.1, -0.05) is 6.07 Å². The van der Waals surface area contributed by atoms with E-state index in [1.54, 1.807) is 7.11 Å². The molecule has 2 aliphatic heterocycles. The Balaban J connectivity index is 1.72. The number of hydrogen-bond donors (Lipinski definition) is 1. The van der Waals surface area contributed by atoms with Gasteiger partial charge in [0, 0.05) is 44.4 Å². The van der Waals surface area contributed by atoms with Crippen LogP contribution in [0, 0.1) is 13.8 Å². The second-order valence-electron chi connectivity index (χ2n) is 7.88. The second kappa shape index (κ2) is 8.81. The highest BCUT2D eigenvalue weighted by molar-refractivity contribution is 7.80. The smallest absolute Gasteiger partial charge is 0.170 e. The first-order valence-electron chi connectivity index (χ1n) is 10.4. The van der Waals surface area contributed by atoms with Gasteiger partial charge in [-0.15, -0.1) is 0 Å². The van der Waals surface area contributed by atoms with Gasteiger partial charge in [0.25, 0.3) is 0 Å². The summed E-state index contributed by atoms with van der Waals surface area (Å²) in [6.45, 7) is 7.55. The molecular weight excluding hydrogens is 384 g/mol. The average Bonchev–Trinajstić information content (AvgIpc) is 3.42. The van der Waals surface area contributed by atoms with Crippen LogP contribution in [0.4, 0.5) is 0 Å². The van der Waals surface area contributed by atoms with Crippen molar-refractivity contribution in [3.05, 3.63) is 53.1 Å². The zero-order valence-electron chi connectivity index (χ0n) is 17.4. The summed E-state index contributed by atoms with van der Waals surface area (Å²) in [6.07, 6.45) is 4.30. The van der Waals surface area contributed by atoms with E-state index >= 15 is 0 Å². The summed E-state index contributed by atoms with van der Waals surface area (Å²) < 4.78 is 13.6. The van der Waals surface area contributed by atoms with Crippen molar-refractivity contribution in [2.45, 2.75) is 51.4 Å². The maximum Gasteiger partial charge on any atom is 0.170 e. The predicted octanol–water partition coefficient (Wildman–Crippen LogP) is 3.30. The van der Waals surface area contributed by atoms with Gasteiger partial charge in [-0.2, -0.15) is 0 Å². The van der Waals surface area contributed by atoms with E-state index in [1.807, 2.05) is 18.3 Å². The van der Waals surface area contributed by atoms with Crippen LogP contribution in [-0.2, 0) is 16.0 Å². The van der Waals surface area contributed by atoms with E-state index in [2.05, 4.69) is 45.7 Å². The van der Waals surface area contributed by atoms with Crippen LogP contribution in [0.15, 0.2) is 30.5 Å². The van der Waals surface area contributed by atoms with Crippen LogP contribution >= 0.6 is 12.2 Å². The maximum atomic E-state index is 5.93.